The third-order valence-electron chi connectivity index (χ3n) is 3.62. The van der Waals surface area contributed by atoms with Gasteiger partial charge in [-0.25, -0.2) is 0 Å². The Morgan fingerprint density at radius 1 is 0.750 bits per heavy atom. The van der Waals surface area contributed by atoms with E-state index >= 15 is 0 Å². The number of hydrogen-bond donors (Lipinski definition) is 2. The van der Waals surface area contributed by atoms with Gasteiger partial charge in [0.1, 0.15) is 5.75 Å². The van der Waals surface area contributed by atoms with E-state index in [0.717, 1.165) is 5.56 Å². The average Bonchev–Trinajstić information content (AvgIpc) is 2.50. The van der Waals surface area contributed by atoms with Gasteiger partial charge in [-0.1, -0.05) is 61.7 Å². The van der Waals surface area contributed by atoms with E-state index in [-0.39, 0.29) is 0 Å². The molecule has 20 heavy (non-hydrogen) atoms. The zero-order valence-corrected chi connectivity index (χ0v) is 11.8. The van der Waals surface area contributed by atoms with Gasteiger partial charge in [-0.15, -0.1) is 0 Å². The van der Waals surface area contributed by atoms with Gasteiger partial charge in [0, 0.05) is 6.04 Å². The zero-order valence-electron chi connectivity index (χ0n) is 11.8. The summed E-state index contributed by atoms with van der Waals surface area (Å²) in [6, 6.07) is 17.8. The molecule has 0 unspecified atom stereocenters. The van der Waals surface area contributed by atoms with Gasteiger partial charge in [-0.3, -0.25) is 0 Å². The lowest BCUT2D eigenvalue weighted by atomic mass is 9.97. The van der Waals surface area contributed by atoms with Crippen LogP contribution in [0.1, 0.15) is 32.1 Å². The number of hydrogen-bond acceptors (Lipinski definition) is 2. The molecule has 1 saturated carbocycles. The van der Waals surface area contributed by atoms with Gasteiger partial charge < -0.3 is 10.8 Å². The first-order valence-electron chi connectivity index (χ1n) is 7.36. The standard InChI is InChI=1S/C12H10O.C6H13N/c13-12-8-6-11(7-9-12)10-4-2-1-3-5-10;7-6-4-2-1-3-5-6/h1-9,13H;6H,1-5,7H2. The van der Waals surface area contributed by atoms with Crippen molar-refractivity contribution in [2.45, 2.75) is 38.1 Å². The first-order chi connectivity index (χ1) is 9.75. The highest BCUT2D eigenvalue weighted by molar-refractivity contribution is 5.63. The van der Waals surface area contributed by atoms with Crippen molar-refractivity contribution in [3.05, 3.63) is 54.6 Å². The second-order valence-electron chi connectivity index (χ2n) is 5.31. The molecule has 0 spiro atoms. The summed E-state index contributed by atoms with van der Waals surface area (Å²) in [6.07, 6.45) is 6.66. The fraction of sp³-hybridized carbons (Fsp3) is 0.333. The van der Waals surface area contributed by atoms with Crippen LogP contribution in [-0.2, 0) is 0 Å². The number of phenols is 1. The summed E-state index contributed by atoms with van der Waals surface area (Å²) in [6.45, 7) is 0. The van der Waals surface area contributed by atoms with Crippen LogP contribution >= 0.6 is 0 Å². The van der Waals surface area contributed by atoms with Crippen LogP contribution in [0.2, 0.25) is 0 Å². The molecule has 0 aliphatic heterocycles. The lowest BCUT2D eigenvalue weighted by molar-refractivity contribution is 0.441. The van der Waals surface area contributed by atoms with Crippen molar-refractivity contribution in [2.75, 3.05) is 0 Å². The van der Waals surface area contributed by atoms with Crippen LogP contribution in [-0.4, -0.2) is 11.1 Å². The van der Waals surface area contributed by atoms with E-state index in [1.807, 2.05) is 42.5 Å². The van der Waals surface area contributed by atoms with Gasteiger partial charge in [0.05, 0.1) is 0 Å². The predicted octanol–water partition coefficient (Wildman–Crippen LogP) is 4.34. The van der Waals surface area contributed by atoms with E-state index in [2.05, 4.69) is 0 Å². The van der Waals surface area contributed by atoms with E-state index < -0.39 is 0 Å². The summed E-state index contributed by atoms with van der Waals surface area (Å²) in [5, 5.41) is 9.10. The van der Waals surface area contributed by atoms with E-state index in [4.69, 9.17) is 10.8 Å². The molecule has 2 nitrogen and oxygen atoms in total. The largest absolute Gasteiger partial charge is 0.508 e. The van der Waals surface area contributed by atoms with E-state index in [1.165, 1.54) is 37.7 Å². The quantitative estimate of drug-likeness (QED) is 0.809. The van der Waals surface area contributed by atoms with Crippen molar-refractivity contribution < 1.29 is 5.11 Å². The fourth-order valence-corrected chi connectivity index (χ4v) is 2.42. The molecule has 0 heterocycles. The second-order valence-corrected chi connectivity index (χ2v) is 5.31. The zero-order chi connectivity index (χ0) is 14.2. The number of phenolic OH excluding ortho intramolecular Hbond substituents is 1. The van der Waals surface area contributed by atoms with Crippen LogP contribution in [0.5, 0.6) is 5.75 Å². The van der Waals surface area contributed by atoms with Gasteiger partial charge >= 0.3 is 0 Å². The Balaban J connectivity index is 0.000000178. The molecule has 3 rings (SSSR count). The van der Waals surface area contributed by atoms with Crippen LogP contribution in [0.3, 0.4) is 0 Å². The Labute approximate surface area is 121 Å². The molecule has 2 aromatic rings. The highest BCUT2D eigenvalue weighted by Crippen LogP contribution is 2.20. The minimum atomic E-state index is 0.305. The Morgan fingerprint density at radius 2 is 1.30 bits per heavy atom. The summed E-state index contributed by atoms with van der Waals surface area (Å²) >= 11 is 0. The molecule has 106 valence electrons. The van der Waals surface area contributed by atoms with Crippen molar-refractivity contribution in [2.24, 2.45) is 5.73 Å². The van der Waals surface area contributed by atoms with Crippen molar-refractivity contribution >= 4 is 0 Å². The topological polar surface area (TPSA) is 46.2 Å². The second kappa shape index (κ2) is 7.71. The number of nitrogens with two attached hydrogens (primary N) is 1. The minimum Gasteiger partial charge on any atom is -0.508 e. The highest BCUT2D eigenvalue weighted by Gasteiger charge is 2.06. The SMILES string of the molecule is NC1CCCCC1.Oc1ccc(-c2ccccc2)cc1. The maximum absolute atomic E-state index is 9.10. The Bertz CT molecular complexity index is 487. The summed E-state index contributed by atoms with van der Waals surface area (Å²) in [7, 11) is 0. The third kappa shape index (κ3) is 4.71. The lowest BCUT2D eigenvalue weighted by Gasteiger charge is -2.15. The highest BCUT2D eigenvalue weighted by atomic mass is 16.3. The average molecular weight is 269 g/mol. The first-order valence-corrected chi connectivity index (χ1v) is 7.36. The molecule has 1 fully saturated rings. The van der Waals surface area contributed by atoms with E-state index in [1.54, 1.807) is 12.1 Å². The Kier molecular flexibility index (Phi) is 5.63. The summed E-state index contributed by atoms with van der Waals surface area (Å²) in [4.78, 5) is 0. The number of aromatic hydroxyl groups is 1. The third-order valence-corrected chi connectivity index (χ3v) is 3.62. The van der Waals surface area contributed by atoms with E-state index in [0.29, 0.717) is 11.8 Å². The molecule has 3 N–H and O–H groups in total. The summed E-state index contributed by atoms with van der Waals surface area (Å²) in [5.74, 6) is 0.305. The van der Waals surface area contributed by atoms with Crippen molar-refractivity contribution in [1.82, 2.24) is 0 Å². The van der Waals surface area contributed by atoms with Gasteiger partial charge in [-0.2, -0.15) is 0 Å². The van der Waals surface area contributed by atoms with Crippen molar-refractivity contribution in [3.63, 3.8) is 0 Å². The molecule has 0 aromatic heterocycles. The van der Waals surface area contributed by atoms with Gasteiger partial charge in [0.15, 0.2) is 0 Å². The van der Waals surface area contributed by atoms with Crippen molar-refractivity contribution in [1.29, 1.82) is 0 Å². The predicted molar refractivity (Wildman–Crippen MR) is 84.6 cm³/mol. The number of rotatable bonds is 1. The maximum Gasteiger partial charge on any atom is 0.115 e. The molecular formula is C18H23NO. The van der Waals surface area contributed by atoms with Gasteiger partial charge in [-0.05, 0) is 36.1 Å². The molecule has 0 saturated heterocycles. The van der Waals surface area contributed by atoms with Crippen LogP contribution in [0.25, 0.3) is 11.1 Å². The van der Waals surface area contributed by atoms with E-state index in [9.17, 15) is 0 Å². The summed E-state index contributed by atoms with van der Waals surface area (Å²) < 4.78 is 0. The fourth-order valence-electron chi connectivity index (χ4n) is 2.42. The first kappa shape index (κ1) is 14.6. The Hall–Kier alpha value is -1.80. The molecule has 0 amide bonds. The van der Waals surface area contributed by atoms with Crippen molar-refractivity contribution in [3.8, 4) is 16.9 Å². The molecule has 0 radical (unpaired) electrons. The van der Waals surface area contributed by atoms with Crippen LogP contribution in [0.4, 0.5) is 0 Å². The van der Waals surface area contributed by atoms with Crippen LogP contribution < -0.4 is 5.73 Å². The molecule has 1 aliphatic rings. The Morgan fingerprint density at radius 3 is 1.80 bits per heavy atom. The van der Waals surface area contributed by atoms with Crippen LogP contribution in [0.15, 0.2) is 54.6 Å². The molecule has 2 heteroatoms. The smallest absolute Gasteiger partial charge is 0.115 e. The monoisotopic (exact) mass is 269 g/mol. The number of benzene rings is 2. The summed E-state index contributed by atoms with van der Waals surface area (Å²) in [5.41, 5.74) is 7.93. The molecule has 2 aromatic carbocycles. The van der Waals surface area contributed by atoms with Gasteiger partial charge in [0.25, 0.3) is 0 Å². The normalized spacial score (nSPS) is 15.2. The minimum absolute atomic E-state index is 0.305. The molecule has 0 bridgehead atoms. The molecule has 0 atom stereocenters. The maximum atomic E-state index is 9.10. The molecular weight excluding hydrogens is 246 g/mol. The lowest BCUT2D eigenvalue weighted by Crippen LogP contribution is -2.22. The van der Waals surface area contributed by atoms with Crippen LogP contribution in [0, 0.1) is 0 Å². The van der Waals surface area contributed by atoms with Gasteiger partial charge in [0.2, 0.25) is 0 Å². The molecule has 1 aliphatic carbocycles.